The van der Waals surface area contributed by atoms with Crippen LogP contribution in [0.15, 0.2) is 0 Å². The second kappa shape index (κ2) is 7.20. The molecule has 0 aromatic heterocycles. The van der Waals surface area contributed by atoms with Crippen molar-refractivity contribution in [3.63, 3.8) is 0 Å². The van der Waals surface area contributed by atoms with E-state index in [2.05, 4.69) is 28.5 Å². The Kier molecular flexibility index (Phi) is 5.52. The molecule has 3 rings (SSSR count). The molecule has 3 nitrogen and oxygen atoms in total. The van der Waals surface area contributed by atoms with Crippen molar-refractivity contribution >= 4 is 11.8 Å². The summed E-state index contributed by atoms with van der Waals surface area (Å²) in [4.78, 5) is 5.54. The van der Waals surface area contributed by atoms with Crippen molar-refractivity contribution in [2.45, 2.75) is 68.7 Å². The summed E-state index contributed by atoms with van der Waals surface area (Å²) >= 11 is 2.14. The Hall–Kier alpha value is 0.230. The lowest BCUT2D eigenvalue weighted by atomic mass is 9.85. The van der Waals surface area contributed by atoms with Crippen LogP contribution in [-0.4, -0.2) is 65.1 Å². The highest BCUT2D eigenvalue weighted by molar-refractivity contribution is 8.00. The van der Waals surface area contributed by atoms with Gasteiger partial charge in [-0.2, -0.15) is 11.8 Å². The van der Waals surface area contributed by atoms with Gasteiger partial charge in [0.05, 0.1) is 0 Å². The van der Waals surface area contributed by atoms with Gasteiger partial charge in [-0.05, 0) is 57.4 Å². The number of nitrogens with two attached hydrogens (primary N) is 1. The maximum Gasteiger partial charge on any atom is 0.0447 e. The Morgan fingerprint density at radius 1 is 1.05 bits per heavy atom. The van der Waals surface area contributed by atoms with Gasteiger partial charge in [-0.3, -0.25) is 4.90 Å². The van der Waals surface area contributed by atoms with Gasteiger partial charge in [0.2, 0.25) is 0 Å². The van der Waals surface area contributed by atoms with E-state index < -0.39 is 0 Å². The van der Waals surface area contributed by atoms with Gasteiger partial charge < -0.3 is 10.6 Å². The molecule has 0 amide bonds. The molecule has 0 aliphatic carbocycles. The third kappa shape index (κ3) is 3.29. The van der Waals surface area contributed by atoms with E-state index in [1.807, 2.05) is 0 Å². The topological polar surface area (TPSA) is 32.5 Å². The fourth-order valence-corrected chi connectivity index (χ4v) is 6.11. The number of piperidine rings is 2. The molecular formula is C17H33N3S. The van der Waals surface area contributed by atoms with E-state index in [4.69, 9.17) is 5.73 Å². The van der Waals surface area contributed by atoms with Crippen LogP contribution in [0.5, 0.6) is 0 Å². The Morgan fingerprint density at radius 2 is 1.76 bits per heavy atom. The average molecular weight is 312 g/mol. The van der Waals surface area contributed by atoms with Crippen LogP contribution in [0.3, 0.4) is 0 Å². The molecule has 0 spiro atoms. The zero-order valence-electron chi connectivity index (χ0n) is 13.7. The minimum Gasteiger partial charge on any atom is -0.329 e. The van der Waals surface area contributed by atoms with Crippen LogP contribution in [0.4, 0.5) is 0 Å². The number of rotatable bonds is 3. The summed E-state index contributed by atoms with van der Waals surface area (Å²) < 4.78 is 0. The third-order valence-electron chi connectivity index (χ3n) is 6.23. The van der Waals surface area contributed by atoms with E-state index in [1.165, 1.54) is 76.9 Å². The summed E-state index contributed by atoms with van der Waals surface area (Å²) in [5.74, 6) is 1.33. The van der Waals surface area contributed by atoms with Crippen molar-refractivity contribution in [3.05, 3.63) is 0 Å². The molecule has 2 N–H and O–H groups in total. The molecule has 122 valence electrons. The van der Waals surface area contributed by atoms with Crippen molar-refractivity contribution in [2.24, 2.45) is 5.73 Å². The number of nitrogens with zero attached hydrogens (tertiary/aromatic N) is 2. The molecule has 2 atom stereocenters. The number of hydrogen-bond donors (Lipinski definition) is 1. The molecule has 0 saturated carbocycles. The predicted molar refractivity (Wildman–Crippen MR) is 93.0 cm³/mol. The van der Waals surface area contributed by atoms with Crippen molar-refractivity contribution in [2.75, 3.05) is 38.5 Å². The predicted octanol–water partition coefficient (Wildman–Crippen LogP) is 2.55. The summed E-state index contributed by atoms with van der Waals surface area (Å²) in [5.41, 5.74) is 6.56. The Bertz CT molecular complexity index is 324. The second-order valence-corrected chi connectivity index (χ2v) is 8.69. The molecule has 0 radical (unpaired) electrons. The van der Waals surface area contributed by atoms with Gasteiger partial charge in [-0.15, -0.1) is 0 Å². The van der Waals surface area contributed by atoms with Crippen molar-refractivity contribution in [3.8, 4) is 0 Å². The second-order valence-electron chi connectivity index (χ2n) is 7.24. The summed E-state index contributed by atoms with van der Waals surface area (Å²) in [6.07, 6.45) is 9.66. The molecule has 3 aliphatic heterocycles. The molecule has 3 aliphatic rings. The van der Waals surface area contributed by atoms with Crippen LogP contribution < -0.4 is 5.73 Å². The lowest BCUT2D eigenvalue weighted by molar-refractivity contribution is 0.0226. The summed E-state index contributed by atoms with van der Waals surface area (Å²) in [7, 11) is 0. The van der Waals surface area contributed by atoms with Gasteiger partial charge in [0.25, 0.3) is 0 Å². The van der Waals surface area contributed by atoms with E-state index in [1.54, 1.807) is 0 Å². The molecule has 0 aromatic rings. The molecule has 0 bridgehead atoms. The van der Waals surface area contributed by atoms with Crippen LogP contribution in [0, 0.1) is 0 Å². The molecular weight excluding hydrogens is 278 g/mol. The zero-order chi connectivity index (χ0) is 14.7. The van der Waals surface area contributed by atoms with Gasteiger partial charge in [0.1, 0.15) is 0 Å². The van der Waals surface area contributed by atoms with Crippen LogP contribution in [0.2, 0.25) is 0 Å². The first-order valence-corrected chi connectivity index (χ1v) is 10.1. The molecule has 3 heterocycles. The van der Waals surface area contributed by atoms with Gasteiger partial charge in [0, 0.05) is 36.5 Å². The van der Waals surface area contributed by atoms with E-state index in [0.717, 1.165) is 12.6 Å². The highest BCUT2D eigenvalue weighted by atomic mass is 32.2. The Labute approximate surface area is 135 Å². The van der Waals surface area contributed by atoms with Gasteiger partial charge >= 0.3 is 0 Å². The summed E-state index contributed by atoms with van der Waals surface area (Å²) in [6.45, 7) is 8.48. The molecule has 3 fully saturated rings. The molecule has 21 heavy (non-hydrogen) atoms. The fraction of sp³-hybridized carbons (Fsp3) is 1.00. The van der Waals surface area contributed by atoms with Crippen LogP contribution in [0.1, 0.15) is 51.9 Å². The molecule has 3 saturated heterocycles. The largest absolute Gasteiger partial charge is 0.329 e. The minimum absolute atomic E-state index is 0.287. The molecule has 2 unspecified atom stereocenters. The summed E-state index contributed by atoms with van der Waals surface area (Å²) in [6, 6.07) is 0.850. The van der Waals surface area contributed by atoms with E-state index in [-0.39, 0.29) is 5.54 Å². The first-order chi connectivity index (χ1) is 10.3. The third-order valence-corrected chi connectivity index (χ3v) is 7.70. The lowest BCUT2D eigenvalue weighted by Crippen LogP contribution is -2.63. The van der Waals surface area contributed by atoms with Crippen molar-refractivity contribution in [1.82, 2.24) is 9.80 Å². The van der Waals surface area contributed by atoms with Crippen molar-refractivity contribution < 1.29 is 0 Å². The van der Waals surface area contributed by atoms with E-state index in [0.29, 0.717) is 5.25 Å². The minimum atomic E-state index is 0.287. The lowest BCUT2D eigenvalue weighted by Gasteiger charge is -2.53. The summed E-state index contributed by atoms with van der Waals surface area (Å²) in [5, 5.41) is 0.697. The van der Waals surface area contributed by atoms with Crippen LogP contribution >= 0.6 is 11.8 Å². The Balaban J connectivity index is 1.58. The van der Waals surface area contributed by atoms with Gasteiger partial charge in [-0.25, -0.2) is 0 Å². The van der Waals surface area contributed by atoms with Gasteiger partial charge in [-0.1, -0.05) is 13.3 Å². The SMILES string of the molecule is CC1SCCCC1(CN)N1CCC(N2CCCCC2)CC1. The monoisotopic (exact) mass is 311 g/mol. The maximum absolute atomic E-state index is 6.27. The fourth-order valence-electron chi connectivity index (χ4n) is 4.77. The van der Waals surface area contributed by atoms with Crippen LogP contribution in [0.25, 0.3) is 0 Å². The normalized spacial score (nSPS) is 37.7. The quantitative estimate of drug-likeness (QED) is 0.868. The van der Waals surface area contributed by atoms with Gasteiger partial charge in [0.15, 0.2) is 0 Å². The average Bonchev–Trinajstić information content (AvgIpc) is 2.57. The van der Waals surface area contributed by atoms with Crippen LogP contribution in [-0.2, 0) is 0 Å². The number of thioether (sulfide) groups is 1. The van der Waals surface area contributed by atoms with E-state index >= 15 is 0 Å². The standard InChI is InChI=1S/C17H33N3S/c1-15-17(14-18,8-5-13-21-15)20-11-6-16(7-12-20)19-9-3-2-4-10-19/h15-16H,2-14,18H2,1H3. The zero-order valence-corrected chi connectivity index (χ0v) is 14.5. The highest BCUT2D eigenvalue weighted by Crippen LogP contribution is 2.39. The van der Waals surface area contributed by atoms with E-state index in [9.17, 15) is 0 Å². The first kappa shape index (κ1) is 16.1. The maximum atomic E-state index is 6.27. The molecule has 0 aromatic carbocycles. The Morgan fingerprint density at radius 3 is 2.38 bits per heavy atom. The molecule has 4 heteroatoms. The number of hydrogen-bond acceptors (Lipinski definition) is 4. The highest BCUT2D eigenvalue weighted by Gasteiger charge is 2.44. The number of likely N-dealkylation sites (tertiary alicyclic amines) is 2. The first-order valence-electron chi connectivity index (χ1n) is 9.07. The smallest absolute Gasteiger partial charge is 0.0447 e. The van der Waals surface area contributed by atoms with Crippen molar-refractivity contribution in [1.29, 1.82) is 0 Å².